The number of nitrogens with two attached hydrogens (primary N) is 1. The first-order valence-electron chi connectivity index (χ1n) is 5.74. The van der Waals surface area contributed by atoms with Crippen LogP contribution in [0, 0.1) is 0 Å². The van der Waals surface area contributed by atoms with Gasteiger partial charge in [-0.15, -0.1) is 0 Å². The van der Waals surface area contributed by atoms with E-state index in [1.165, 1.54) is 25.8 Å². The largest absolute Gasteiger partial charge is 0.359 e. The van der Waals surface area contributed by atoms with E-state index >= 15 is 0 Å². The van der Waals surface area contributed by atoms with Crippen molar-refractivity contribution < 1.29 is 4.52 Å². The molecule has 1 aromatic heterocycles. The predicted octanol–water partition coefficient (Wildman–Crippen LogP) is 1.68. The smallest absolute Gasteiger partial charge is 0.154 e. The van der Waals surface area contributed by atoms with Crippen molar-refractivity contribution in [3.8, 4) is 0 Å². The minimum atomic E-state index is 0.413. The first kappa shape index (κ1) is 10.6. The van der Waals surface area contributed by atoms with Gasteiger partial charge in [-0.25, -0.2) is 0 Å². The molecule has 0 aromatic carbocycles. The molecule has 0 amide bonds. The molecule has 0 bridgehead atoms. The normalized spacial score (nSPS) is 23.2. The van der Waals surface area contributed by atoms with E-state index in [1.54, 1.807) is 0 Å². The molecule has 1 saturated heterocycles. The molecule has 15 heavy (non-hydrogen) atoms. The lowest BCUT2D eigenvalue weighted by molar-refractivity contribution is 0.130. The SMILES string of the molecule is CCN1CCCCC1c1cc(CN)no1. The molecule has 0 saturated carbocycles. The fraction of sp³-hybridized carbons (Fsp3) is 0.727. The van der Waals surface area contributed by atoms with E-state index in [4.69, 9.17) is 10.3 Å². The zero-order valence-electron chi connectivity index (χ0n) is 9.28. The van der Waals surface area contributed by atoms with Gasteiger partial charge in [0, 0.05) is 12.6 Å². The molecular formula is C11H19N3O. The van der Waals surface area contributed by atoms with Crippen molar-refractivity contribution in [3.63, 3.8) is 0 Å². The van der Waals surface area contributed by atoms with E-state index in [-0.39, 0.29) is 0 Å². The van der Waals surface area contributed by atoms with E-state index in [1.807, 2.05) is 6.07 Å². The highest BCUT2D eigenvalue weighted by Gasteiger charge is 2.25. The highest BCUT2D eigenvalue weighted by atomic mass is 16.5. The van der Waals surface area contributed by atoms with Crippen LogP contribution in [0.25, 0.3) is 0 Å². The number of likely N-dealkylation sites (tertiary alicyclic amines) is 1. The summed E-state index contributed by atoms with van der Waals surface area (Å²) in [6, 6.07) is 2.41. The van der Waals surface area contributed by atoms with Crippen molar-refractivity contribution in [1.82, 2.24) is 10.1 Å². The molecular weight excluding hydrogens is 190 g/mol. The summed E-state index contributed by atoms with van der Waals surface area (Å²) in [6.07, 6.45) is 3.75. The highest BCUT2D eigenvalue weighted by molar-refractivity contribution is 5.10. The molecule has 0 radical (unpaired) electrons. The Morgan fingerprint density at radius 2 is 2.47 bits per heavy atom. The summed E-state index contributed by atoms with van der Waals surface area (Å²) < 4.78 is 5.36. The molecule has 2 N–H and O–H groups in total. The Bertz CT molecular complexity index is 311. The maximum Gasteiger partial charge on any atom is 0.154 e. The van der Waals surface area contributed by atoms with E-state index in [0.717, 1.165) is 18.0 Å². The Labute approximate surface area is 90.4 Å². The lowest BCUT2D eigenvalue weighted by atomic mass is 10.00. The third kappa shape index (κ3) is 2.21. The first-order valence-corrected chi connectivity index (χ1v) is 5.74. The van der Waals surface area contributed by atoms with Crippen LogP contribution >= 0.6 is 0 Å². The number of hydrogen-bond acceptors (Lipinski definition) is 4. The predicted molar refractivity (Wildman–Crippen MR) is 58.2 cm³/mol. The lowest BCUT2D eigenvalue weighted by Gasteiger charge is -2.32. The van der Waals surface area contributed by atoms with E-state index in [9.17, 15) is 0 Å². The molecule has 0 aliphatic carbocycles. The van der Waals surface area contributed by atoms with Gasteiger partial charge in [0.05, 0.1) is 11.7 Å². The Balaban J connectivity index is 2.12. The molecule has 1 fully saturated rings. The standard InChI is InChI=1S/C11H19N3O/c1-2-14-6-4-3-5-10(14)11-7-9(8-12)13-15-11/h7,10H,2-6,8,12H2,1H3. The van der Waals surface area contributed by atoms with Crippen LogP contribution in [0.3, 0.4) is 0 Å². The summed E-state index contributed by atoms with van der Waals surface area (Å²) in [5.41, 5.74) is 6.38. The fourth-order valence-electron chi connectivity index (χ4n) is 2.27. The minimum Gasteiger partial charge on any atom is -0.359 e. The number of hydrogen-bond donors (Lipinski definition) is 1. The van der Waals surface area contributed by atoms with Crippen LogP contribution in [-0.2, 0) is 6.54 Å². The molecule has 1 atom stereocenters. The maximum atomic E-state index is 5.52. The molecule has 2 rings (SSSR count). The average Bonchev–Trinajstić information content (AvgIpc) is 2.77. The van der Waals surface area contributed by atoms with Gasteiger partial charge >= 0.3 is 0 Å². The molecule has 1 aromatic rings. The van der Waals surface area contributed by atoms with Crippen LogP contribution in [0.4, 0.5) is 0 Å². The van der Waals surface area contributed by atoms with E-state index < -0.39 is 0 Å². The van der Waals surface area contributed by atoms with Crippen molar-refractivity contribution in [2.24, 2.45) is 5.73 Å². The van der Waals surface area contributed by atoms with Gasteiger partial charge in [0.25, 0.3) is 0 Å². The van der Waals surface area contributed by atoms with Gasteiger partial charge in [-0.2, -0.15) is 0 Å². The van der Waals surface area contributed by atoms with E-state index in [2.05, 4.69) is 17.0 Å². The van der Waals surface area contributed by atoms with Crippen LogP contribution in [0.5, 0.6) is 0 Å². The topological polar surface area (TPSA) is 55.3 Å². The van der Waals surface area contributed by atoms with Gasteiger partial charge in [-0.3, -0.25) is 4.90 Å². The van der Waals surface area contributed by atoms with Gasteiger partial charge in [0.15, 0.2) is 5.76 Å². The Morgan fingerprint density at radius 1 is 1.60 bits per heavy atom. The number of piperidine rings is 1. The van der Waals surface area contributed by atoms with Crippen LogP contribution in [0.1, 0.15) is 43.7 Å². The van der Waals surface area contributed by atoms with Gasteiger partial charge in [0.2, 0.25) is 0 Å². The minimum absolute atomic E-state index is 0.413. The van der Waals surface area contributed by atoms with Crippen molar-refractivity contribution in [3.05, 3.63) is 17.5 Å². The van der Waals surface area contributed by atoms with Crippen LogP contribution in [-0.4, -0.2) is 23.1 Å². The van der Waals surface area contributed by atoms with Gasteiger partial charge in [0.1, 0.15) is 0 Å². The number of aromatic nitrogens is 1. The van der Waals surface area contributed by atoms with Crippen molar-refractivity contribution >= 4 is 0 Å². The Kier molecular flexibility index (Phi) is 3.38. The second-order valence-electron chi connectivity index (χ2n) is 4.06. The van der Waals surface area contributed by atoms with Gasteiger partial charge < -0.3 is 10.3 Å². The summed E-state index contributed by atoms with van der Waals surface area (Å²) in [7, 11) is 0. The zero-order chi connectivity index (χ0) is 10.7. The quantitative estimate of drug-likeness (QED) is 0.823. The summed E-state index contributed by atoms with van der Waals surface area (Å²) in [5.74, 6) is 0.983. The maximum absolute atomic E-state index is 5.52. The van der Waals surface area contributed by atoms with Crippen LogP contribution in [0.15, 0.2) is 10.6 Å². The summed E-state index contributed by atoms with van der Waals surface area (Å²) in [6.45, 7) is 4.89. The Morgan fingerprint density at radius 3 is 3.13 bits per heavy atom. The average molecular weight is 209 g/mol. The Hall–Kier alpha value is -0.870. The summed E-state index contributed by atoms with van der Waals surface area (Å²) in [4.78, 5) is 2.45. The second kappa shape index (κ2) is 4.77. The van der Waals surface area contributed by atoms with Crippen molar-refractivity contribution in [2.75, 3.05) is 13.1 Å². The molecule has 1 unspecified atom stereocenters. The summed E-state index contributed by atoms with van der Waals surface area (Å²) in [5, 5.41) is 3.95. The molecule has 84 valence electrons. The molecule has 2 heterocycles. The monoisotopic (exact) mass is 209 g/mol. The summed E-state index contributed by atoms with van der Waals surface area (Å²) >= 11 is 0. The number of rotatable bonds is 3. The van der Waals surface area contributed by atoms with Crippen LogP contribution < -0.4 is 5.73 Å². The molecule has 0 spiro atoms. The molecule has 4 heteroatoms. The van der Waals surface area contributed by atoms with Crippen molar-refractivity contribution in [2.45, 2.75) is 38.8 Å². The van der Waals surface area contributed by atoms with E-state index in [0.29, 0.717) is 12.6 Å². The zero-order valence-corrected chi connectivity index (χ0v) is 9.28. The van der Waals surface area contributed by atoms with Gasteiger partial charge in [-0.1, -0.05) is 18.5 Å². The third-order valence-electron chi connectivity index (χ3n) is 3.13. The number of nitrogens with zero attached hydrogens (tertiary/aromatic N) is 2. The second-order valence-corrected chi connectivity index (χ2v) is 4.06. The first-order chi connectivity index (χ1) is 7.35. The molecule has 4 nitrogen and oxygen atoms in total. The highest BCUT2D eigenvalue weighted by Crippen LogP contribution is 2.30. The fourth-order valence-corrected chi connectivity index (χ4v) is 2.27. The lowest BCUT2D eigenvalue weighted by Crippen LogP contribution is -2.32. The van der Waals surface area contributed by atoms with Gasteiger partial charge in [-0.05, 0) is 25.9 Å². The van der Waals surface area contributed by atoms with Crippen molar-refractivity contribution in [1.29, 1.82) is 0 Å². The van der Waals surface area contributed by atoms with Crippen LogP contribution in [0.2, 0.25) is 0 Å². The molecule has 1 aliphatic heterocycles. The molecule has 1 aliphatic rings. The third-order valence-corrected chi connectivity index (χ3v) is 3.13.